The van der Waals surface area contributed by atoms with Crippen LogP contribution in [0.3, 0.4) is 0 Å². The molecular formula is C28H34F4N6O2. The van der Waals surface area contributed by atoms with E-state index in [9.17, 15) is 27.2 Å². The first-order chi connectivity index (χ1) is 18.9. The molecule has 3 heterocycles. The molecule has 0 radical (unpaired) electrons. The first-order valence-corrected chi connectivity index (χ1v) is 13.5. The first-order valence-electron chi connectivity index (χ1n) is 13.5. The van der Waals surface area contributed by atoms with Crippen molar-refractivity contribution in [3.8, 4) is 11.3 Å². The Morgan fingerprint density at radius 1 is 1.18 bits per heavy atom. The Balaban J connectivity index is 1.51. The van der Waals surface area contributed by atoms with E-state index in [-0.39, 0.29) is 48.5 Å². The zero-order chi connectivity index (χ0) is 29.2. The highest BCUT2D eigenvalue weighted by molar-refractivity contribution is 5.93. The number of carbonyl (C=O) groups excluding carboxylic acids is 2. The molecule has 1 aromatic carbocycles. The Kier molecular flexibility index (Phi) is 8.77. The van der Waals surface area contributed by atoms with Gasteiger partial charge in [0.2, 0.25) is 5.91 Å². The van der Waals surface area contributed by atoms with Gasteiger partial charge < -0.3 is 15.5 Å². The summed E-state index contributed by atoms with van der Waals surface area (Å²) in [5, 5.41) is 4.20. The van der Waals surface area contributed by atoms with E-state index in [2.05, 4.69) is 23.9 Å². The second-order valence-corrected chi connectivity index (χ2v) is 10.6. The molecule has 4 rings (SSSR count). The number of alkyl halides is 3. The maximum absolute atomic E-state index is 13.9. The van der Waals surface area contributed by atoms with Gasteiger partial charge in [-0.25, -0.2) is 13.9 Å². The van der Waals surface area contributed by atoms with Crippen molar-refractivity contribution in [1.82, 2.24) is 24.4 Å². The summed E-state index contributed by atoms with van der Waals surface area (Å²) in [6.45, 7) is 6.66. The highest BCUT2D eigenvalue weighted by atomic mass is 19.4. The van der Waals surface area contributed by atoms with Crippen LogP contribution in [0.4, 0.5) is 17.6 Å². The van der Waals surface area contributed by atoms with Crippen molar-refractivity contribution in [2.45, 2.75) is 64.7 Å². The highest BCUT2D eigenvalue weighted by Gasteiger charge is 2.37. The second kappa shape index (κ2) is 11.9. The number of piperazine rings is 1. The minimum absolute atomic E-state index is 0.0441. The number of carbonyl (C=O) groups is 2. The molecule has 216 valence electrons. The molecule has 3 atom stereocenters. The number of amides is 2. The van der Waals surface area contributed by atoms with Crippen molar-refractivity contribution >= 4 is 17.5 Å². The molecule has 0 spiro atoms. The molecule has 1 saturated heterocycles. The lowest BCUT2D eigenvalue weighted by Crippen LogP contribution is -2.58. The van der Waals surface area contributed by atoms with Crippen molar-refractivity contribution in [2.75, 3.05) is 19.6 Å². The molecule has 0 bridgehead atoms. The highest BCUT2D eigenvalue weighted by Crippen LogP contribution is 2.34. The number of rotatable bonds is 8. The molecule has 3 aromatic rings. The van der Waals surface area contributed by atoms with Gasteiger partial charge in [-0.3, -0.25) is 9.59 Å². The monoisotopic (exact) mass is 562 g/mol. The molecule has 8 nitrogen and oxygen atoms in total. The van der Waals surface area contributed by atoms with E-state index >= 15 is 0 Å². The molecule has 2 N–H and O–H groups in total. The third-order valence-corrected chi connectivity index (χ3v) is 7.31. The predicted octanol–water partition coefficient (Wildman–Crippen LogP) is 4.77. The Labute approximate surface area is 230 Å². The molecule has 1 aliphatic heterocycles. The standard InChI is InChI=1S/C28H34F4N6O2/c1-4-5-6-17(2)13-22(33)26(39)37-12-11-36(15-18(37)3)27(40)24-16-38-25(34-24)21(28(30,31)32)14-23(35-38)19-7-9-20(29)10-8-19/h7-10,14,16-18,22H,4-6,11-13,15,33H2,1-3H3. The molecule has 40 heavy (non-hydrogen) atoms. The van der Waals surface area contributed by atoms with Gasteiger partial charge in [0.05, 0.1) is 17.9 Å². The fraction of sp³-hybridized carbons (Fsp3) is 0.500. The number of unbranched alkanes of at least 4 members (excludes halogenated alkanes) is 1. The molecule has 1 aliphatic rings. The van der Waals surface area contributed by atoms with Crippen molar-refractivity contribution in [2.24, 2.45) is 11.7 Å². The van der Waals surface area contributed by atoms with Crippen molar-refractivity contribution in [3.05, 3.63) is 53.6 Å². The lowest BCUT2D eigenvalue weighted by molar-refractivity contribution is -0.137. The second-order valence-electron chi connectivity index (χ2n) is 10.6. The van der Waals surface area contributed by atoms with E-state index in [1.54, 1.807) is 4.90 Å². The van der Waals surface area contributed by atoms with Gasteiger partial charge in [-0.1, -0.05) is 33.1 Å². The number of nitrogens with two attached hydrogens (primary N) is 1. The molecule has 0 saturated carbocycles. The van der Waals surface area contributed by atoms with Gasteiger partial charge in [-0.2, -0.15) is 18.3 Å². The summed E-state index contributed by atoms with van der Waals surface area (Å²) in [4.78, 5) is 33.5. The van der Waals surface area contributed by atoms with Gasteiger partial charge in [0, 0.05) is 31.2 Å². The summed E-state index contributed by atoms with van der Waals surface area (Å²) in [6, 6.07) is 4.79. The van der Waals surface area contributed by atoms with Crippen LogP contribution in [0.25, 0.3) is 16.9 Å². The van der Waals surface area contributed by atoms with Crippen LogP contribution in [0.15, 0.2) is 36.5 Å². The largest absolute Gasteiger partial charge is 0.420 e. The number of halogens is 4. The van der Waals surface area contributed by atoms with E-state index in [0.29, 0.717) is 12.3 Å². The third-order valence-electron chi connectivity index (χ3n) is 7.31. The SMILES string of the molecule is CCCCC(C)CC(N)C(=O)N1CCN(C(=O)c2cn3nc(-c4ccc(F)cc4)cc(C(F)(F)F)c3n2)CC1C. The van der Waals surface area contributed by atoms with Gasteiger partial charge >= 0.3 is 6.18 Å². The normalized spacial score (nSPS) is 17.8. The molecular weight excluding hydrogens is 528 g/mol. The lowest BCUT2D eigenvalue weighted by atomic mass is 9.95. The van der Waals surface area contributed by atoms with Crippen LogP contribution in [0.2, 0.25) is 0 Å². The van der Waals surface area contributed by atoms with Gasteiger partial charge in [0.25, 0.3) is 5.91 Å². The number of aromatic nitrogens is 3. The number of hydrogen-bond donors (Lipinski definition) is 1. The zero-order valence-electron chi connectivity index (χ0n) is 22.8. The van der Waals surface area contributed by atoms with E-state index in [4.69, 9.17) is 5.73 Å². The maximum Gasteiger partial charge on any atom is 0.420 e. The molecule has 0 aliphatic carbocycles. The minimum atomic E-state index is -4.77. The zero-order valence-corrected chi connectivity index (χ0v) is 22.8. The third kappa shape index (κ3) is 6.43. The molecule has 2 amide bonds. The summed E-state index contributed by atoms with van der Waals surface area (Å²) < 4.78 is 56.1. The van der Waals surface area contributed by atoms with Gasteiger partial charge in [-0.15, -0.1) is 0 Å². The smallest absolute Gasteiger partial charge is 0.335 e. The first kappa shape index (κ1) is 29.4. The topological polar surface area (TPSA) is 96.8 Å². The van der Waals surface area contributed by atoms with Gasteiger partial charge in [-0.05, 0) is 49.6 Å². The summed E-state index contributed by atoms with van der Waals surface area (Å²) in [5.74, 6) is -0.928. The Morgan fingerprint density at radius 2 is 1.88 bits per heavy atom. The predicted molar refractivity (Wildman–Crippen MR) is 142 cm³/mol. The summed E-state index contributed by atoms with van der Waals surface area (Å²) in [5.41, 5.74) is 4.69. The number of fused-ring (bicyclic) bond motifs is 1. The van der Waals surface area contributed by atoms with Crippen LogP contribution in [0.5, 0.6) is 0 Å². The number of benzene rings is 1. The number of hydrogen-bond acceptors (Lipinski definition) is 5. The molecule has 12 heteroatoms. The molecule has 3 unspecified atom stereocenters. The number of nitrogens with zero attached hydrogens (tertiary/aromatic N) is 5. The lowest BCUT2D eigenvalue weighted by Gasteiger charge is -2.40. The van der Waals surface area contributed by atoms with Crippen LogP contribution in [-0.4, -0.2) is 67.9 Å². The van der Waals surface area contributed by atoms with Crippen LogP contribution in [-0.2, 0) is 11.0 Å². The minimum Gasteiger partial charge on any atom is -0.335 e. The number of imidazole rings is 1. The summed E-state index contributed by atoms with van der Waals surface area (Å²) in [6.07, 6.45) is 0.143. The fourth-order valence-corrected chi connectivity index (χ4v) is 5.10. The Morgan fingerprint density at radius 3 is 2.50 bits per heavy atom. The molecule has 1 fully saturated rings. The fourth-order valence-electron chi connectivity index (χ4n) is 5.10. The van der Waals surface area contributed by atoms with Crippen molar-refractivity contribution in [1.29, 1.82) is 0 Å². The average Bonchev–Trinajstić information content (AvgIpc) is 3.34. The summed E-state index contributed by atoms with van der Waals surface area (Å²) >= 11 is 0. The van der Waals surface area contributed by atoms with E-state index < -0.39 is 35.2 Å². The van der Waals surface area contributed by atoms with E-state index in [0.717, 1.165) is 48.2 Å². The van der Waals surface area contributed by atoms with E-state index in [1.807, 2.05) is 6.92 Å². The van der Waals surface area contributed by atoms with E-state index in [1.165, 1.54) is 17.0 Å². The maximum atomic E-state index is 13.9. The van der Waals surface area contributed by atoms with Gasteiger partial charge in [0.1, 0.15) is 17.1 Å². The van der Waals surface area contributed by atoms with Crippen LogP contribution >= 0.6 is 0 Å². The van der Waals surface area contributed by atoms with Gasteiger partial charge in [0.15, 0.2) is 5.65 Å². The van der Waals surface area contributed by atoms with Crippen LogP contribution in [0.1, 0.15) is 62.5 Å². The molecule has 2 aromatic heterocycles. The summed E-state index contributed by atoms with van der Waals surface area (Å²) in [7, 11) is 0. The van der Waals surface area contributed by atoms with Crippen LogP contribution in [0, 0.1) is 11.7 Å². The Bertz CT molecular complexity index is 1360. The average molecular weight is 563 g/mol. The van der Waals surface area contributed by atoms with Crippen molar-refractivity contribution in [3.63, 3.8) is 0 Å². The van der Waals surface area contributed by atoms with Crippen molar-refractivity contribution < 1.29 is 27.2 Å². The van der Waals surface area contributed by atoms with Crippen LogP contribution < -0.4 is 5.73 Å². The Hall–Kier alpha value is -3.54. The quantitative estimate of drug-likeness (QED) is 0.399.